The van der Waals surface area contributed by atoms with E-state index in [4.69, 9.17) is 9.47 Å². The SMILES string of the molecule is O=C(C(Oc1ccccc1[N+](=O)[O-])c1ccccc1)N1CCOCC1. The normalized spacial score (nSPS) is 15.4. The monoisotopic (exact) mass is 342 g/mol. The maximum Gasteiger partial charge on any atom is 0.310 e. The molecule has 1 fully saturated rings. The lowest BCUT2D eigenvalue weighted by Crippen LogP contribution is -2.44. The lowest BCUT2D eigenvalue weighted by molar-refractivity contribution is -0.386. The van der Waals surface area contributed by atoms with Gasteiger partial charge in [0.15, 0.2) is 5.75 Å². The highest BCUT2D eigenvalue weighted by Crippen LogP contribution is 2.31. The molecular weight excluding hydrogens is 324 g/mol. The second-order valence-corrected chi connectivity index (χ2v) is 5.57. The minimum absolute atomic E-state index is 0.0722. The number of nitro benzene ring substituents is 1. The van der Waals surface area contributed by atoms with E-state index in [-0.39, 0.29) is 17.3 Å². The number of ether oxygens (including phenoxy) is 2. The Bertz CT molecular complexity index is 744. The van der Waals surface area contributed by atoms with E-state index in [0.717, 1.165) is 0 Å². The van der Waals surface area contributed by atoms with Crippen LogP contribution in [-0.2, 0) is 9.53 Å². The maximum atomic E-state index is 13.0. The molecule has 2 aromatic carbocycles. The van der Waals surface area contributed by atoms with Gasteiger partial charge >= 0.3 is 5.69 Å². The van der Waals surface area contributed by atoms with Crippen molar-refractivity contribution in [3.8, 4) is 5.75 Å². The van der Waals surface area contributed by atoms with Gasteiger partial charge in [-0.15, -0.1) is 0 Å². The lowest BCUT2D eigenvalue weighted by Gasteiger charge is -2.30. The van der Waals surface area contributed by atoms with Crippen molar-refractivity contribution < 1.29 is 19.2 Å². The number of nitrogens with zero attached hydrogens (tertiary/aromatic N) is 2. The van der Waals surface area contributed by atoms with E-state index in [1.807, 2.05) is 6.07 Å². The van der Waals surface area contributed by atoms with E-state index in [1.54, 1.807) is 41.3 Å². The third kappa shape index (κ3) is 3.95. The van der Waals surface area contributed by atoms with Gasteiger partial charge in [-0.05, 0) is 6.07 Å². The van der Waals surface area contributed by atoms with Crippen LogP contribution in [0, 0.1) is 10.1 Å². The molecule has 1 saturated heterocycles. The van der Waals surface area contributed by atoms with Gasteiger partial charge in [-0.25, -0.2) is 0 Å². The zero-order valence-electron chi connectivity index (χ0n) is 13.5. The molecule has 1 atom stereocenters. The van der Waals surface area contributed by atoms with E-state index < -0.39 is 11.0 Å². The van der Waals surface area contributed by atoms with Gasteiger partial charge in [-0.3, -0.25) is 14.9 Å². The quantitative estimate of drug-likeness (QED) is 0.616. The first-order valence-corrected chi connectivity index (χ1v) is 7.98. The number of carbonyl (C=O) groups excluding carboxylic acids is 1. The van der Waals surface area contributed by atoms with Crippen molar-refractivity contribution in [1.82, 2.24) is 4.90 Å². The molecule has 0 radical (unpaired) electrons. The number of carbonyl (C=O) groups is 1. The molecule has 1 aliphatic heterocycles. The van der Waals surface area contributed by atoms with Gasteiger partial charge < -0.3 is 14.4 Å². The van der Waals surface area contributed by atoms with Crippen LogP contribution < -0.4 is 4.74 Å². The Morgan fingerprint density at radius 2 is 1.72 bits per heavy atom. The fourth-order valence-electron chi connectivity index (χ4n) is 2.67. The number of nitro groups is 1. The van der Waals surface area contributed by atoms with Crippen LogP contribution in [0.3, 0.4) is 0 Å². The van der Waals surface area contributed by atoms with Gasteiger partial charge in [0, 0.05) is 24.7 Å². The predicted molar refractivity (Wildman–Crippen MR) is 90.3 cm³/mol. The number of amides is 1. The Morgan fingerprint density at radius 3 is 2.40 bits per heavy atom. The van der Waals surface area contributed by atoms with Crippen molar-refractivity contribution in [3.63, 3.8) is 0 Å². The first-order chi connectivity index (χ1) is 12.2. The van der Waals surface area contributed by atoms with Crippen LogP contribution in [0.4, 0.5) is 5.69 Å². The van der Waals surface area contributed by atoms with E-state index in [1.165, 1.54) is 12.1 Å². The average molecular weight is 342 g/mol. The number of para-hydroxylation sites is 2. The van der Waals surface area contributed by atoms with Crippen molar-refractivity contribution in [2.45, 2.75) is 6.10 Å². The highest BCUT2D eigenvalue weighted by molar-refractivity contribution is 5.83. The summed E-state index contributed by atoms with van der Waals surface area (Å²) in [5, 5.41) is 11.2. The highest BCUT2D eigenvalue weighted by Gasteiger charge is 2.30. The Balaban J connectivity index is 1.92. The van der Waals surface area contributed by atoms with E-state index in [2.05, 4.69) is 0 Å². The zero-order chi connectivity index (χ0) is 17.6. The molecule has 0 N–H and O–H groups in total. The average Bonchev–Trinajstić information content (AvgIpc) is 2.67. The maximum absolute atomic E-state index is 13.0. The summed E-state index contributed by atoms with van der Waals surface area (Å²) in [6, 6.07) is 15.1. The summed E-state index contributed by atoms with van der Waals surface area (Å²) in [5.41, 5.74) is 0.482. The van der Waals surface area contributed by atoms with Crippen molar-refractivity contribution in [1.29, 1.82) is 0 Å². The van der Waals surface area contributed by atoms with Crippen LogP contribution >= 0.6 is 0 Å². The second-order valence-electron chi connectivity index (χ2n) is 5.57. The molecule has 0 aliphatic carbocycles. The minimum Gasteiger partial charge on any atom is -0.469 e. The molecule has 1 aliphatic rings. The van der Waals surface area contributed by atoms with Gasteiger partial charge in [-0.1, -0.05) is 42.5 Å². The fourth-order valence-corrected chi connectivity index (χ4v) is 2.67. The van der Waals surface area contributed by atoms with Crippen molar-refractivity contribution in [2.24, 2.45) is 0 Å². The summed E-state index contributed by atoms with van der Waals surface area (Å²) < 4.78 is 11.1. The topological polar surface area (TPSA) is 81.9 Å². The summed E-state index contributed by atoms with van der Waals surface area (Å²) in [4.78, 5) is 25.3. The van der Waals surface area contributed by atoms with Crippen LogP contribution in [0.2, 0.25) is 0 Å². The molecule has 3 rings (SSSR count). The summed E-state index contributed by atoms with van der Waals surface area (Å²) in [6.45, 7) is 1.89. The zero-order valence-corrected chi connectivity index (χ0v) is 13.5. The van der Waals surface area contributed by atoms with Gasteiger partial charge in [0.2, 0.25) is 6.10 Å². The first kappa shape index (κ1) is 16.9. The molecule has 0 saturated carbocycles. The summed E-state index contributed by atoms with van der Waals surface area (Å²) >= 11 is 0. The predicted octanol–water partition coefficient (Wildman–Crippen LogP) is 2.57. The van der Waals surface area contributed by atoms with Crippen LogP contribution in [-0.4, -0.2) is 42.0 Å². The smallest absolute Gasteiger partial charge is 0.310 e. The Morgan fingerprint density at radius 1 is 1.08 bits per heavy atom. The second kappa shape index (κ2) is 7.76. The number of hydrogen-bond acceptors (Lipinski definition) is 5. The molecule has 25 heavy (non-hydrogen) atoms. The molecule has 7 nitrogen and oxygen atoms in total. The number of rotatable bonds is 5. The van der Waals surface area contributed by atoms with Crippen molar-refractivity contribution in [2.75, 3.05) is 26.3 Å². The fraction of sp³-hybridized carbons (Fsp3) is 0.278. The highest BCUT2D eigenvalue weighted by atomic mass is 16.6. The van der Waals surface area contributed by atoms with Crippen LogP contribution in [0.5, 0.6) is 5.75 Å². The van der Waals surface area contributed by atoms with E-state index >= 15 is 0 Å². The minimum atomic E-state index is -0.944. The van der Waals surface area contributed by atoms with Gasteiger partial charge in [0.1, 0.15) is 0 Å². The first-order valence-electron chi connectivity index (χ1n) is 7.98. The molecule has 2 aromatic rings. The number of morpholine rings is 1. The Kier molecular flexibility index (Phi) is 5.25. The molecule has 0 aromatic heterocycles. The molecule has 130 valence electrons. The van der Waals surface area contributed by atoms with E-state index in [0.29, 0.717) is 31.9 Å². The molecule has 7 heteroatoms. The lowest BCUT2D eigenvalue weighted by atomic mass is 10.1. The Hall–Kier alpha value is -2.93. The molecule has 0 spiro atoms. The third-order valence-electron chi connectivity index (χ3n) is 3.96. The summed E-state index contributed by atoms with van der Waals surface area (Å²) in [7, 11) is 0. The van der Waals surface area contributed by atoms with Crippen LogP contribution in [0.1, 0.15) is 11.7 Å². The van der Waals surface area contributed by atoms with E-state index in [9.17, 15) is 14.9 Å². The molecular formula is C18H18N2O5. The standard InChI is InChI=1S/C18H18N2O5/c21-18(19-10-12-24-13-11-19)17(14-6-2-1-3-7-14)25-16-9-5-4-8-15(16)20(22)23/h1-9,17H,10-13H2. The Labute approximate surface area is 144 Å². The van der Waals surface area contributed by atoms with Crippen LogP contribution in [0.15, 0.2) is 54.6 Å². The van der Waals surface area contributed by atoms with Gasteiger partial charge in [0.25, 0.3) is 5.91 Å². The van der Waals surface area contributed by atoms with Crippen LogP contribution in [0.25, 0.3) is 0 Å². The third-order valence-corrected chi connectivity index (χ3v) is 3.96. The molecule has 1 unspecified atom stereocenters. The molecule has 1 heterocycles. The van der Waals surface area contributed by atoms with Gasteiger partial charge in [0.05, 0.1) is 18.1 Å². The molecule has 0 bridgehead atoms. The number of hydrogen-bond donors (Lipinski definition) is 0. The van der Waals surface area contributed by atoms with Gasteiger partial charge in [-0.2, -0.15) is 0 Å². The number of benzene rings is 2. The van der Waals surface area contributed by atoms with Crippen molar-refractivity contribution >= 4 is 11.6 Å². The summed E-state index contributed by atoms with van der Waals surface area (Å²) in [5.74, 6) is -0.157. The summed E-state index contributed by atoms with van der Waals surface area (Å²) in [6.07, 6.45) is -0.944. The largest absolute Gasteiger partial charge is 0.469 e. The van der Waals surface area contributed by atoms with Crippen molar-refractivity contribution in [3.05, 3.63) is 70.3 Å². The molecule has 1 amide bonds.